The number of aromatic nitrogens is 1. The Morgan fingerprint density at radius 3 is 2.57 bits per heavy atom. The van der Waals surface area contributed by atoms with Crippen LogP contribution in [0.15, 0.2) is 65.2 Å². The van der Waals surface area contributed by atoms with E-state index < -0.39 is 15.9 Å². The number of piperidine rings is 1. The number of nitrogens with zero attached hydrogens (tertiary/aromatic N) is 4. The van der Waals surface area contributed by atoms with Crippen molar-refractivity contribution in [3.63, 3.8) is 0 Å². The normalized spacial score (nSPS) is 14.9. The number of carbonyl (C=O) groups is 1. The fourth-order valence-electron chi connectivity index (χ4n) is 4.24. The summed E-state index contributed by atoms with van der Waals surface area (Å²) in [4.78, 5) is 13.0. The van der Waals surface area contributed by atoms with Crippen LogP contribution in [0.1, 0.15) is 31.2 Å². The molecule has 4 rings (SSSR count). The van der Waals surface area contributed by atoms with E-state index in [1.54, 1.807) is 12.1 Å². The van der Waals surface area contributed by atoms with Crippen molar-refractivity contribution >= 4 is 38.6 Å². The number of para-hydroxylation sites is 1. The van der Waals surface area contributed by atoms with E-state index in [1.165, 1.54) is 22.5 Å². The maximum Gasteiger partial charge on any atom is 0.266 e. The van der Waals surface area contributed by atoms with Gasteiger partial charge < -0.3 is 9.88 Å². The molecule has 1 amide bonds. The fourth-order valence-corrected chi connectivity index (χ4v) is 5.80. The van der Waals surface area contributed by atoms with Crippen molar-refractivity contribution in [1.29, 1.82) is 10.5 Å². The van der Waals surface area contributed by atoms with Crippen molar-refractivity contribution in [2.75, 3.05) is 18.4 Å². The molecule has 1 aromatic heterocycles. The van der Waals surface area contributed by atoms with Crippen LogP contribution in [0.25, 0.3) is 17.0 Å². The van der Waals surface area contributed by atoms with E-state index >= 15 is 0 Å². The zero-order valence-corrected chi connectivity index (χ0v) is 20.0. The Hall–Kier alpha value is -3.92. The lowest BCUT2D eigenvalue weighted by Crippen LogP contribution is -2.35. The fraction of sp³-hybridized carbons (Fsp3) is 0.269. The van der Waals surface area contributed by atoms with Gasteiger partial charge in [0.15, 0.2) is 0 Å². The van der Waals surface area contributed by atoms with E-state index in [2.05, 4.69) is 11.4 Å². The average Bonchev–Trinajstić information content (AvgIpc) is 3.24. The number of sulfonamides is 1. The van der Waals surface area contributed by atoms with Gasteiger partial charge in [-0.15, -0.1) is 0 Å². The molecular formula is C26H25N5O3S. The van der Waals surface area contributed by atoms with Crippen LogP contribution in [-0.4, -0.2) is 36.3 Å². The minimum Gasteiger partial charge on any atom is -0.346 e. The summed E-state index contributed by atoms with van der Waals surface area (Å²) in [5.74, 6) is -0.631. The third-order valence-corrected chi connectivity index (χ3v) is 7.89. The van der Waals surface area contributed by atoms with Crippen LogP contribution in [0.3, 0.4) is 0 Å². The molecule has 1 fully saturated rings. The van der Waals surface area contributed by atoms with Crippen molar-refractivity contribution < 1.29 is 13.2 Å². The molecule has 0 saturated carbocycles. The van der Waals surface area contributed by atoms with E-state index in [0.29, 0.717) is 37.3 Å². The van der Waals surface area contributed by atoms with E-state index in [1.807, 2.05) is 41.1 Å². The number of rotatable bonds is 7. The Morgan fingerprint density at radius 2 is 1.83 bits per heavy atom. The average molecular weight is 488 g/mol. The van der Waals surface area contributed by atoms with Crippen LogP contribution < -0.4 is 5.32 Å². The van der Waals surface area contributed by atoms with E-state index in [4.69, 9.17) is 5.26 Å². The van der Waals surface area contributed by atoms with Crippen molar-refractivity contribution in [1.82, 2.24) is 8.87 Å². The van der Waals surface area contributed by atoms with Gasteiger partial charge in [0.05, 0.1) is 17.4 Å². The van der Waals surface area contributed by atoms with E-state index in [-0.39, 0.29) is 10.5 Å². The number of nitrogens with one attached hydrogen (secondary N) is 1. The summed E-state index contributed by atoms with van der Waals surface area (Å²) >= 11 is 0. The molecule has 0 unspecified atom stereocenters. The lowest BCUT2D eigenvalue weighted by Gasteiger charge is -2.26. The van der Waals surface area contributed by atoms with Gasteiger partial charge in [-0.3, -0.25) is 4.79 Å². The van der Waals surface area contributed by atoms with Gasteiger partial charge in [-0.1, -0.05) is 30.7 Å². The second-order valence-electron chi connectivity index (χ2n) is 8.32. The van der Waals surface area contributed by atoms with Crippen LogP contribution in [-0.2, 0) is 21.4 Å². The van der Waals surface area contributed by atoms with Crippen LogP contribution in [0, 0.1) is 22.7 Å². The van der Waals surface area contributed by atoms with Crippen molar-refractivity contribution in [2.45, 2.75) is 37.1 Å². The zero-order chi connectivity index (χ0) is 24.8. The van der Waals surface area contributed by atoms with Gasteiger partial charge in [0.2, 0.25) is 10.0 Å². The maximum atomic E-state index is 13.0. The number of hydrogen-bond donors (Lipinski definition) is 1. The molecule has 0 aliphatic carbocycles. The SMILES string of the molecule is N#CCCn1cc(/C=C(\C#N)C(=O)Nc2cccc(S(=O)(=O)N3CCCCC3)c2)c2ccccc21. The first kappa shape index (κ1) is 24.2. The van der Waals surface area contributed by atoms with Crippen molar-refractivity contribution in [3.05, 3.63) is 65.9 Å². The molecule has 35 heavy (non-hydrogen) atoms. The lowest BCUT2D eigenvalue weighted by molar-refractivity contribution is -0.112. The Bertz CT molecular complexity index is 1470. The minimum atomic E-state index is -3.65. The topological polar surface area (TPSA) is 119 Å². The van der Waals surface area contributed by atoms with Gasteiger partial charge in [-0.25, -0.2) is 8.42 Å². The first-order valence-corrected chi connectivity index (χ1v) is 12.9. The number of benzene rings is 2. The number of nitriles is 2. The molecule has 178 valence electrons. The molecule has 2 heterocycles. The number of hydrogen-bond acceptors (Lipinski definition) is 5. The minimum absolute atomic E-state index is 0.111. The quantitative estimate of drug-likeness (QED) is 0.394. The first-order chi connectivity index (χ1) is 16.9. The summed E-state index contributed by atoms with van der Waals surface area (Å²) in [6, 6.07) is 17.7. The number of fused-ring (bicyclic) bond motifs is 1. The largest absolute Gasteiger partial charge is 0.346 e. The molecule has 0 radical (unpaired) electrons. The molecule has 1 aliphatic rings. The molecule has 0 atom stereocenters. The van der Waals surface area contributed by atoms with Gasteiger partial charge >= 0.3 is 0 Å². The number of aryl methyl sites for hydroxylation is 1. The molecule has 1 aliphatic heterocycles. The van der Waals surface area contributed by atoms with Crippen LogP contribution in [0.2, 0.25) is 0 Å². The Labute approximate surface area is 204 Å². The summed E-state index contributed by atoms with van der Waals surface area (Å²) in [5.41, 5.74) is 1.78. The summed E-state index contributed by atoms with van der Waals surface area (Å²) in [6.07, 6.45) is 6.34. The van der Waals surface area contributed by atoms with Crippen LogP contribution in [0.5, 0.6) is 0 Å². The highest BCUT2D eigenvalue weighted by atomic mass is 32.2. The van der Waals surface area contributed by atoms with E-state index in [0.717, 1.165) is 30.2 Å². The second kappa shape index (κ2) is 10.6. The lowest BCUT2D eigenvalue weighted by atomic mass is 10.1. The predicted molar refractivity (Wildman–Crippen MR) is 133 cm³/mol. The number of amides is 1. The van der Waals surface area contributed by atoms with E-state index in [9.17, 15) is 18.5 Å². The number of anilines is 1. The van der Waals surface area contributed by atoms with Crippen LogP contribution in [0.4, 0.5) is 5.69 Å². The number of carbonyl (C=O) groups excluding carboxylic acids is 1. The molecule has 1 N–H and O–H groups in total. The highest BCUT2D eigenvalue weighted by molar-refractivity contribution is 7.89. The zero-order valence-electron chi connectivity index (χ0n) is 19.1. The van der Waals surface area contributed by atoms with Gasteiger partial charge in [-0.2, -0.15) is 14.8 Å². The standard InChI is InChI=1S/C26H25N5O3S/c27-12-7-13-30-19-21(24-10-2-3-11-25(24)30)16-20(18-28)26(32)29-22-8-6-9-23(17-22)35(33,34)31-14-4-1-5-15-31/h2-3,6,8-11,16-17,19H,1,4-5,7,13-15H2,(H,29,32)/b20-16+. The third-order valence-electron chi connectivity index (χ3n) is 5.99. The molecule has 2 aromatic carbocycles. The Morgan fingerprint density at radius 1 is 1.06 bits per heavy atom. The maximum absolute atomic E-state index is 13.0. The van der Waals surface area contributed by atoms with Crippen molar-refractivity contribution in [2.24, 2.45) is 0 Å². The summed E-state index contributed by atoms with van der Waals surface area (Å²) in [7, 11) is -3.65. The smallest absolute Gasteiger partial charge is 0.266 e. The highest BCUT2D eigenvalue weighted by Crippen LogP contribution is 2.25. The van der Waals surface area contributed by atoms with Gasteiger partial charge in [0.1, 0.15) is 11.6 Å². The Kier molecular flexibility index (Phi) is 7.31. The summed E-state index contributed by atoms with van der Waals surface area (Å²) < 4.78 is 29.4. The van der Waals surface area contributed by atoms with Gasteiger partial charge in [0, 0.05) is 48.0 Å². The molecule has 3 aromatic rings. The monoisotopic (exact) mass is 487 g/mol. The van der Waals surface area contributed by atoms with Crippen molar-refractivity contribution in [3.8, 4) is 12.1 Å². The Balaban J connectivity index is 1.59. The molecule has 0 bridgehead atoms. The summed E-state index contributed by atoms with van der Waals surface area (Å²) in [6.45, 7) is 1.47. The first-order valence-electron chi connectivity index (χ1n) is 11.4. The van der Waals surface area contributed by atoms with Crippen LogP contribution >= 0.6 is 0 Å². The molecular weight excluding hydrogens is 462 g/mol. The molecule has 1 saturated heterocycles. The molecule has 9 heteroatoms. The predicted octanol–water partition coefficient (Wildman–Crippen LogP) is 4.28. The highest BCUT2D eigenvalue weighted by Gasteiger charge is 2.26. The third kappa shape index (κ3) is 5.27. The van der Waals surface area contributed by atoms with Gasteiger partial charge in [-0.05, 0) is 43.2 Å². The molecule has 0 spiro atoms. The summed E-state index contributed by atoms with van der Waals surface area (Å²) in [5, 5.41) is 22.1. The van der Waals surface area contributed by atoms with Gasteiger partial charge in [0.25, 0.3) is 5.91 Å². The molecule has 8 nitrogen and oxygen atoms in total. The second-order valence-corrected chi connectivity index (χ2v) is 10.3.